The van der Waals surface area contributed by atoms with Crippen LogP contribution in [-0.2, 0) is 4.74 Å². The van der Waals surface area contributed by atoms with Gasteiger partial charge in [0, 0.05) is 13.2 Å². The Morgan fingerprint density at radius 1 is 1.17 bits per heavy atom. The summed E-state index contributed by atoms with van der Waals surface area (Å²) >= 11 is 6.02. The van der Waals surface area contributed by atoms with Crippen molar-refractivity contribution < 1.29 is 4.74 Å². The maximum Gasteiger partial charge on any atom is 0.171 e. The lowest BCUT2D eigenvalue weighted by Gasteiger charge is -2.10. The second-order valence-electron chi connectivity index (χ2n) is 4.59. The number of ether oxygens (including phenoxy) is 1. The van der Waals surface area contributed by atoms with Gasteiger partial charge in [0.25, 0.3) is 0 Å². The minimum absolute atomic E-state index is 0.304. The van der Waals surface area contributed by atoms with E-state index in [0.29, 0.717) is 17.1 Å². The van der Waals surface area contributed by atoms with E-state index in [1.807, 2.05) is 27.7 Å². The normalized spacial score (nSPS) is 11.0. The van der Waals surface area contributed by atoms with E-state index in [-0.39, 0.29) is 0 Å². The monoisotopic (exact) mass is 271 g/mol. The Kier molecular flexibility index (Phi) is 6.36. The summed E-state index contributed by atoms with van der Waals surface area (Å²) in [5, 5.41) is 3.65. The lowest BCUT2D eigenvalue weighted by atomic mass is 10.3. The Morgan fingerprint density at radius 3 is 2.50 bits per heavy atom. The standard InChI is InChI=1S/C13H22ClN3O/c1-9(2)18-8-6-5-7-15-13-12(14)16-10(3)11(4)17-13/h9H,5-8H2,1-4H3,(H,15,17). The van der Waals surface area contributed by atoms with Crippen LogP contribution in [0.2, 0.25) is 5.15 Å². The van der Waals surface area contributed by atoms with Crippen LogP contribution in [0.5, 0.6) is 0 Å². The van der Waals surface area contributed by atoms with Crippen LogP contribution in [0.4, 0.5) is 5.82 Å². The fourth-order valence-corrected chi connectivity index (χ4v) is 1.68. The molecule has 0 radical (unpaired) electrons. The molecule has 0 aliphatic carbocycles. The Bertz CT molecular complexity index is 383. The quantitative estimate of drug-likeness (QED) is 0.773. The first kappa shape index (κ1) is 15.2. The molecule has 0 atom stereocenters. The number of aryl methyl sites for hydroxylation is 2. The molecule has 5 heteroatoms. The minimum atomic E-state index is 0.304. The van der Waals surface area contributed by atoms with Crippen molar-refractivity contribution in [2.24, 2.45) is 0 Å². The Balaban J connectivity index is 2.29. The van der Waals surface area contributed by atoms with Crippen LogP contribution in [0.25, 0.3) is 0 Å². The van der Waals surface area contributed by atoms with Crippen LogP contribution >= 0.6 is 11.6 Å². The van der Waals surface area contributed by atoms with Crippen molar-refractivity contribution in [1.29, 1.82) is 0 Å². The molecule has 0 amide bonds. The summed E-state index contributed by atoms with van der Waals surface area (Å²) in [6, 6.07) is 0. The third-order valence-electron chi connectivity index (χ3n) is 2.58. The summed E-state index contributed by atoms with van der Waals surface area (Å²) in [5.41, 5.74) is 1.78. The van der Waals surface area contributed by atoms with Gasteiger partial charge in [0.1, 0.15) is 0 Å². The number of rotatable bonds is 7. The molecular weight excluding hydrogens is 250 g/mol. The third-order valence-corrected chi connectivity index (χ3v) is 2.84. The predicted molar refractivity (Wildman–Crippen MR) is 75.3 cm³/mol. The van der Waals surface area contributed by atoms with Gasteiger partial charge in [0.05, 0.1) is 17.5 Å². The molecule has 102 valence electrons. The van der Waals surface area contributed by atoms with Crippen LogP contribution in [0.1, 0.15) is 38.1 Å². The Hall–Kier alpha value is -0.870. The van der Waals surface area contributed by atoms with Crippen molar-refractivity contribution in [1.82, 2.24) is 9.97 Å². The van der Waals surface area contributed by atoms with E-state index in [1.165, 1.54) is 0 Å². The van der Waals surface area contributed by atoms with Gasteiger partial charge >= 0.3 is 0 Å². The fourth-order valence-electron chi connectivity index (χ4n) is 1.44. The third kappa shape index (κ3) is 5.19. The van der Waals surface area contributed by atoms with Gasteiger partial charge in [-0.3, -0.25) is 0 Å². The number of unbranched alkanes of at least 4 members (excludes halogenated alkanes) is 1. The summed E-state index contributed by atoms with van der Waals surface area (Å²) < 4.78 is 5.47. The first-order valence-corrected chi connectivity index (χ1v) is 6.74. The van der Waals surface area contributed by atoms with Crippen molar-refractivity contribution in [3.05, 3.63) is 16.5 Å². The molecule has 1 heterocycles. The molecule has 1 aromatic rings. The van der Waals surface area contributed by atoms with Gasteiger partial charge in [-0.2, -0.15) is 0 Å². The molecule has 0 unspecified atom stereocenters. The average molecular weight is 272 g/mol. The maximum absolute atomic E-state index is 6.02. The van der Waals surface area contributed by atoms with Crippen molar-refractivity contribution in [3.63, 3.8) is 0 Å². The summed E-state index contributed by atoms with van der Waals surface area (Å²) in [6.45, 7) is 9.55. The Labute approximate surface area is 114 Å². The van der Waals surface area contributed by atoms with E-state index >= 15 is 0 Å². The highest BCUT2D eigenvalue weighted by molar-refractivity contribution is 6.31. The first-order chi connectivity index (χ1) is 8.50. The fraction of sp³-hybridized carbons (Fsp3) is 0.692. The molecule has 0 saturated carbocycles. The van der Waals surface area contributed by atoms with E-state index in [2.05, 4.69) is 15.3 Å². The molecule has 1 aromatic heterocycles. The number of hydrogen-bond acceptors (Lipinski definition) is 4. The summed E-state index contributed by atoms with van der Waals surface area (Å²) in [7, 11) is 0. The number of aromatic nitrogens is 2. The van der Waals surface area contributed by atoms with E-state index in [9.17, 15) is 0 Å². The van der Waals surface area contributed by atoms with Crippen molar-refractivity contribution >= 4 is 17.4 Å². The van der Waals surface area contributed by atoms with Crippen molar-refractivity contribution in [3.8, 4) is 0 Å². The highest BCUT2D eigenvalue weighted by Gasteiger charge is 2.05. The molecule has 0 fully saturated rings. The van der Waals surface area contributed by atoms with Gasteiger partial charge in [-0.15, -0.1) is 0 Å². The number of nitrogens with zero attached hydrogens (tertiary/aromatic N) is 2. The van der Waals surface area contributed by atoms with Crippen LogP contribution in [-0.4, -0.2) is 29.2 Å². The number of halogens is 1. The van der Waals surface area contributed by atoms with E-state index < -0.39 is 0 Å². The van der Waals surface area contributed by atoms with Crippen LogP contribution < -0.4 is 5.32 Å². The second kappa shape index (κ2) is 7.54. The van der Waals surface area contributed by atoms with Crippen LogP contribution in [0.3, 0.4) is 0 Å². The molecule has 0 aromatic carbocycles. The molecule has 0 bridgehead atoms. The van der Waals surface area contributed by atoms with Crippen molar-refractivity contribution in [2.45, 2.75) is 46.6 Å². The lowest BCUT2D eigenvalue weighted by Crippen LogP contribution is -2.09. The van der Waals surface area contributed by atoms with Crippen molar-refractivity contribution in [2.75, 3.05) is 18.5 Å². The SMILES string of the molecule is Cc1nc(Cl)c(NCCCCOC(C)C)nc1C. The number of nitrogens with one attached hydrogen (secondary N) is 1. The number of anilines is 1. The maximum atomic E-state index is 6.02. The van der Waals surface area contributed by atoms with Crippen LogP contribution in [0, 0.1) is 13.8 Å². The van der Waals surface area contributed by atoms with Gasteiger partial charge in [-0.25, -0.2) is 9.97 Å². The first-order valence-electron chi connectivity index (χ1n) is 6.37. The zero-order valence-corrected chi connectivity index (χ0v) is 12.3. The van der Waals surface area contributed by atoms with Crippen LogP contribution in [0.15, 0.2) is 0 Å². The molecule has 0 saturated heterocycles. The highest BCUT2D eigenvalue weighted by atomic mass is 35.5. The molecule has 0 aliphatic rings. The van der Waals surface area contributed by atoms with Gasteiger partial charge in [-0.05, 0) is 40.5 Å². The molecule has 1 N–H and O–H groups in total. The zero-order valence-electron chi connectivity index (χ0n) is 11.6. The zero-order chi connectivity index (χ0) is 13.5. The molecule has 0 spiro atoms. The number of hydrogen-bond donors (Lipinski definition) is 1. The molecule has 18 heavy (non-hydrogen) atoms. The summed E-state index contributed by atoms with van der Waals surface area (Å²) in [5.74, 6) is 0.671. The van der Waals surface area contributed by atoms with Gasteiger partial charge in [0.15, 0.2) is 11.0 Å². The van der Waals surface area contributed by atoms with E-state index in [1.54, 1.807) is 0 Å². The highest BCUT2D eigenvalue weighted by Crippen LogP contribution is 2.18. The largest absolute Gasteiger partial charge is 0.379 e. The topological polar surface area (TPSA) is 47.0 Å². The average Bonchev–Trinajstić information content (AvgIpc) is 2.29. The summed E-state index contributed by atoms with van der Waals surface area (Å²) in [4.78, 5) is 8.61. The Morgan fingerprint density at radius 2 is 1.83 bits per heavy atom. The van der Waals surface area contributed by atoms with Gasteiger partial charge in [-0.1, -0.05) is 11.6 Å². The predicted octanol–water partition coefficient (Wildman–Crippen LogP) is 3.36. The van der Waals surface area contributed by atoms with Gasteiger partial charge in [0.2, 0.25) is 0 Å². The molecular formula is C13H22ClN3O. The van der Waals surface area contributed by atoms with E-state index in [0.717, 1.165) is 37.4 Å². The smallest absolute Gasteiger partial charge is 0.171 e. The molecule has 1 rings (SSSR count). The lowest BCUT2D eigenvalue weighted by molar-refractivity contribution is 0.0765. The van der Waals surface area contributed by atoms with Gasteiger partial charge < -0.3 is 10.1 Å². The second-order valence-corrected chi connectivity index (χ2v) is 4.95. The molecule has 4 nitrogen and oxygen atoms in total. The minimum Gasteiger partial charge on any atom is -0.379 e. The molecule has 0 aliphatic heterocycles. The van der Waals surface area contributed by atoms with E-state index in [4.69, 9.17) is 16.3 Å². The summed E-state index contributed by atoms with van der Waals surface area (Å²) in [6.07, 6.45) is 2.36.